The van der Waals surface area contributed by atoms with Crippen LogP contribution in [0.5, 0.6) is 11.5 Å². The molecule has 1 saturated carbocycles. The molecule has 1 amide bonds. The van der Waals surface area contributed by atoms with Gasteiger partial charge in [-0.05, 0) is 64.1 Å². The van der Waals surface area contributed by atoms with Crippen LogP contribution < -0.4 is 14.8 Å². The van der Waals surface area contributed by atoms with Crippen LogP contribution in [-0.2, 0) is 9.47 Å². The molecule has 210 valence electrons. The highest BCUT2D eigenvalue weighted by atomic mass is 16.7. The standard InChI is InChI=1S/C30H45N3O5/c1-22(2)33-15-8-12-24(19-33)31-30(34)26-18-28(37-17-9-16-36-21-35-3)25-13-7-14-27(29(25)32-26)38-20-23-10-5-4-6-11-23/h7,13-14,18,22-24H,4-6,8-12,15-17,19-21H2,1-3H3,(H,31,34)/t24-/m1/s1. The van der Waals surface area contributed by atoms with Gasteiger partial charge in [0, 0.05) is 43.6 Å². The Hall–Kier alpha value is -2.42. The first-order chi connectivity index (χ1) is 18.5. The van der Waals surface area contributed by atoms with E-state index in [1.165, 1.54) is 32.1 Å². The number of aromatic nitrogens is 1. The number of nitrogens with zero attached hydrogens (tertiary/aromatic N) is 2. The average Bonchev–Trinajstić information content (AvgIpc) is 2.94. The molecule has 1 N–H and O–H groups in total. The van der Waals surface area contributed by atoms with Gasteiger partial charge in [0.2, 0.25) is 0 Å². The van der Waals surface area contributed by atoms with Crippen molar-refractivity contribution in [1.29, 1.82) is 0 Å². The average molecular weight is 528 g/mol. The van der Waals surface area contributed by atoms with Crippen LogP contribution in [0.2, 0.25) is 0 Å². The highest BCUT2D eigenvalue weighted by Crippen LogP contribution is 2.33. The smallest absolute Gasteiger partial charge is 0.270 e. The van der Waals surface area contributed by atoms with Crippen LogP contribution in [0.15, 0.2) is 24.3 Å². The summed E-state index contributed by atoms with van der Waals surface area (Å²) in [6, 6.07) is 8.24. The fourth-order valence-corrected chi connectivity index (χ4v) is 5.44. The number of para-hydroxylation sites is 1. The molecule has 2 aromatic rings. The predicted octanol–water partition coefficient (Wildman–Crippen LogP) is 5.19. The predicted molar refractivity (Wildman–Crippen MR) is 149 cm³/mol. The molecule has 2 heterocycles. The third-order valence-electron chi connectivity index (χ3n) is 7.61. The molecular weight excluding hydrogens is 482 g/mol. The summed E-state index contributed by atoms with van der Waals surface area (Å²) in [5, 5.41) is 4.08. The van der Waals surface area contributed by atoms with E-state index in [-0.39, 0.29) is 18.7 Å². The molecule has 1 atom stereocenters. The van der Waals surface area contributed by atoms with Crippen molar-refractivity contribution in [1.82, 2.24) is 15.2 Å². The Bertz CT molecular complexity index is 1020. The van der Waals surface area contributed by atoms with Gasteiger partial charge in [-0.25, -0.2) is 4.98 Å². The quantitative estimate of drug-likeness (QED) is 0.284. The summed E-state index contributed by atoms with van der Waals surface area (Å²) in [5.41, 5.74) is 1.03. The molecule has 1 aliphatic heterocycles. The van der Waals surface area contributed by atoms with E-state index in [1.54, 1.807) is 13.2 Å². The number of likely N-dealkylation sites (tertiary alicyclic amines) is 1. The summed E-state index contributed by atoms with van der Waals surface area (Å²) in [7, 11) is 1.60. The number of hydrogen-bond donors (Lipinski definition) is 1. The maximum Gasteiger partial charge on any atom is 0.270 e. The number of piperidine rings is 1. The van der Waals surface area contributed by atoms with Gasteiger partial charge in [-0.2, -0.15) is 0 Å². The van der Waals surface area contributed by atoms with E-state index in [2.05, 4.69) is 24.1 Å². The second kappa shape index (κ2) is 14.7. The third kappa shape index (κ3) is 8.04. The molecule has 1 aliphatic carbocycles. The molecule has 2 aliphatic rings. The molecule has 1 saturated heterocycles. The zero-order valence-electron chi connectivity index (χ0n) is 23.4. The van der Waals surface area contributed by atoms with E-state index in [0.29, 0.717) is 60.9 Å². The lowest BCUT2D eigenvalue weighted by Crippen LogP contribution is -2.49. The van der Waals surface area contributed by atoms with Crippen LogP contribution >= 0.6 is 0 Å². The summed E-state index contributed by atoms with van der Waals surface area (Å²) in [6.45, 7) is 8.28. The van der Waals surface area contributed by atoms with Gasteiger partial charge in [0.25, 0.3) is 5.91 Å². The Morgan fingerprint density at radius 2 is 1.92 bits per heavy atom. The van der Waals surface area contributed by atoms with Crippen molar-refractivity contribution in [3.8, 4) is 11.5 Å². The second-order valence-electron chi connectivity index (χ2n) is 10.9. The van der Waals surface area contributed by atoms with Gasteiger partial charge in [-0.1, -0.05) is 25.3 Å². The van der Waals surface area contributed by atoms with Crippen molar-refractivity contribution in [3.63, 3.8) is 0 Å². The monoisotopic (exact) mass is 527 g/mol. The molecule has 1 aromatic carbocycles. The lowest BCUT2D eigenvalue weighted by Gasteiger charge is -2.35. The topological polar surface area (TPSA) is 82.2 Å². The summed E-state index contributed by atoms with van der Waals surface area (Å²) in [6.07, 6.45) is 9.04. The van der Waals surface area contributed by atoms with Crippen LogP contribution in [-0.4, -0.2) is 74.7 Å². The molecule has 1 aromatic heterocycles. The minimum absolute atomic E-state index is 0.108. The van der Waals surface area contributed by atoms with Crippen molar-refractivity contribution < 1.29 is 23.7 Å². The maximum absolute atomic E-state index is 13.4. The molecule has 2 fully saturated rings. The number of benzene rings is 1. The molecule has 8 heteroatoms. The highest BCUT2D eigenvalue weighted by molar-refractivity contribution is 5.98. The summed E-state index contributed by atoms with van der Waals surface area (Å²) >= 11 is 0. The van der Waals surface area contributed by atoms with Gasteiger partial charge >= 0.3 is 0 Å². The van der Waals surface area contributed by atoms with Crippen molar-refractivity contribution in [3.05, 3.63) is 30.0 Å². The van der Waals surface area contributed by atoms with Gasteiger partial charge in [-0.3, -0.25) is 9.69 Å². The van der Waals surface area contributed by atoms with E-state index in [4.69, 9.17) is 23.9 Å². The van der Waals surface area contributed by atoms with Gasteiger partial charge in [0.15, 0.2) is 0 Å². The number of methoxy groups -OCH3 is 1. The maximum atomic E-state index is 13.4. The molecule has 8 nitrogen and oxygen atoms in total. The minimum Gasteiger partial charge on any atom is -0.493 e. The number of hydrogen-bond acceptors (Lipinski definition) is 7. The molecular formula is C30H45N3O5. The van der Waals surface area contributed by atoms with Crippen LogP contribution in [0.25, 0.3) is 10.9 Å². The highest BCUT2D eigenvalue weighted by Gasteiger charge is 2.25. The Kier molecular flexibility index (Phi) is 11.0. The number of fused-ring (bicyclic) bond motifs is 1. The minimum atomic E-state index is -0.169. The fourth-order valence-electron chi connectivity index (χ4n) is 5.44. The molecule has 0 unspecified atom stereocenters. The van der Waals surface area contributed by atoms with Crippen molar-refractivity contribution in [2.24, 2.45) is 5.92 Å². The Labute approximate surface area is 227 Å². The van der Waals surface area contributed by atoms with Crippen molar-refractivity contribution in [2.45, 2.75) is 77.3 Å². The first-order valence-corrected chi connectivity index (χ1v) is 14.4. The summed E-state index contributed by atoms with van der Waals surface area (Å²) < 4.78 is 22.8. The fraction of sp³-hybridized carbons (Fsp3) is 0.667. The SMILES string of the molecule is COCOCCCOc1cc(C(=O)N[C@@H]2CCCN(C(C)C)C2)nc2c(OCC3CCCCC3)cccc12. The van der Waals surface area contributed by atoms with E-state index < -0.39 is 0 Å². The van der Waals surface area contributed by atoms with Gasteiger partial charge < -0.3 is 24.3 Å². The number of pyridine rings is 1. The van der Waals surface area contributed by atoms with E-state index in [9.17, 15) is 4.79 Å². The lowest BCUT2D eigenvalue weighted by molar-refractivity contribution is -0.0332. The first-order valence-electron chi connectivity index (χ1n) is 14.4. The van der Waals surface area contributed by atoms with Gasteiger partial charge in [0.05, 0.1) is 19.8 Å². The Balaban J connectivity index is 1.53. The van der Waals surface area contributed by atoms with Crippen LogP contribution in [0, 0.1) is 5.92 Å². The van der Waals surface area contributed by atoms with E-state index in [1.807, 2.05) is 18.2 Å². The van der Waals surface area contributed by atoms with E-state index in [0.717, 1.165) is 31.3 Å². The molecule has 0 radical (unpaired) electrons. The summed E-state index contributed by atoms with van der Waals surface area (Å²) in [5.74, 6) is 1.75. The number of carbonyl (C=O) groups is 1. The third-order valence-corrected chi connectivity index (χ3v) is 7.61. The molecule has 4 rings (SSSR count). The molecule has 0 bridgehead atoms. The second-order valence-corrected chi connectivity index (χ2v) is 10.9. The largest absolute Gasteiger partial charge is 0.493 e. The van der Waals surface area contributed by atoms with Crippen LogP contribution in [0.4, 0.5) is 0 Å². The molecule has 0 spiro atoms. The van der Waals surface area contributed by atoms with Crippen molar-refractivity contribution >= 4 is 16.8 Å². The Morgan fingerprint density at radius 3 is 2.71 bits per heavy atom. The van der Waals surface area contributed by atoms with Crippen LogP contribution in [0.3, 0.4) is 0 Å². The van der Waals surface area contributed by atoms with Gasteiger partial charge in [-0.15, -0.1) is 0 Å². The zero-order chi connectivity index (χ0) is 26.7. The van der Waals surface area contributed by atoms with E-state index >= 15 is 0 Å². The number of amides is 1. The normalized spacial score (nSPS) is 19.1. The number of carbonyl (C=O) groups excluding carboxylic acids is 1. The summed E-state index contributed by atoms with van der Waals surface area (Å²) in [4.78, 5) is 20.7. The van der Waals surface area contributed by atoms with Gasteiger partial charge in [0.1, 0.15) is 29.5 Å². The lowest BCUT2D eigenvalue weighted by atomic mass is 9.90. The first kappa shape index (κ1) is 28.6. The number of nitrogens with one attached hydrogen (secondary N) is 1. The number of rotatable bonds is 13. The molecule has 38 heavy (non-hydrogen) atoms. The van der Waals surface area contributed by atoms with Crippen molar-refractivity contribution in [2.75, 3.05) is 46.8 Å². The Morgan fingerprint density at radius 1 is 1.08 bits per heavy atom. The van der Waals surface area contributed by atoms with Crippen LogP contribution in [0.1, 0.15) is 75.7 Å². The number of ether oxygens (including phenoxy) is 4. The zero-order valence-corrected chi connectivity index (χ0v) is 23.4.